The van der Waals surface area contributed by atoms with E-state index in [0.717, 1.165) is 36.3 Å². The maximum Gasteiger partial charge on any atom is 0.251 e. The summed E-state index contributed by atoms with van der Waals surface area (Å²) in [5.41, 5.74) is 5.60. The summed E-state index contributed by atoms with van der Waals surface area (Å²) in [6, 6.07) is 9.93. The van der Waals surface area contributed by atoms with E-state index in [9.17, 15) is 4.79 Å². The molecule has 3 heterocycles. The Morgan fingerprint density at radius 2 is 1.93 bits per heavy atom. The first-order valence-electron chi connectivity index (χ1n) is 10.1. The van der Waals surface area contributed by atoms with Gasteiger partial charge in [0.15, 0.2) is 0 Å². The van der Waals surface area contributed by atoms with E-state index in [1.165, 1.54) is 30.2 Å². The quantitative estimate of drug-likeness (QED) is 0.632. The number of hydrogen-bond donors (Lipinski definition) is 3. The summed E-state index contributed by atoms with van der Waals surface area (Å²) in [4.78, 5) is 19.7. The number of fused-ring (bicyclic) bond motifs is 1. The molecular weight excluding hydrogens is 348 g/mol. The molecule has 5 nitrogen and oxygen atoms in total. The minimum Gasteiger partial charge on any atom is -0.355 e. The van der Waals surface area contributed by atoms with Crippen LogP contribution in [0.2, 0.25) is 0 Å². The highest BCUT2D eigenvalue weighted by Gasteiger charge is 2.26. The number of pyridine rings is 1. The topological polar surface area (TPSA) is 69.8 Å². The Morgan fingerprint density at radius 1 is 1.18 bits per heavy atom. The van der Waals surface area contributed by atoms with Crippen molar-refractivity contribution in [1.29, 1.82) is 0 Å². The van der Waals surface area contributed by atoms with Gasteiger partial charge in [0, 0.05) is 36.0 Å². The molecule has 0 atom stereocenters. The highest BCUT2D eigenvalue weighted by Crippen LogP contribution is 2.36. The Morgan fingerprint density at radius 3 is 2.64 bits per heavy atom. The van der Waals surface area contributed by atoms with Gasteiger partial charge in [-0.25, -0.2) is 4.98 Å². The molecule has 1 saturated heterocycles. The van der Waals surface area contributed by atoms with Crippen molar-refractivity contribution in [2.45, 2.75) is 32.6 Å². The fourth-order valence-corrected chi connectivity index (χ4v) is 4.22. The van der Waals surface area contributed by atoms with Gasteiger partial charge in [-0.3, -0.25) is 4.79 Å². The zero-order chi connectivity index (χ0) is 19.6. The highest BCUT2D eigenvalue weighted by atomic mass is 16.1. The summed E-state index contributed by atoms with van der Waals surface area (Å²) in [7, 11) is 1.65. The normalized spacial score (nSPS) is 16.2. The van der Waals surface area contributed by atoms with Gasteiger partial charge < -0.3 is 15.6 Å². The van der Waals surface area contributed by atoms with Crippen LogP contribution in [-0.2, 0) is 6.42 Å². The van der Waals surface area contributed by atoms with E-state index in [0.29, 0.717) is 11.0 Å². The lowest BCUT2D eigenvalue weighted by Crippen LogP contribution is -2.35. The molecule has 1 amide bonds. The van der Waals surface area contributed by atoms with E-state index in [-0.39, 0.29) is 5.91 Å². The maximum absolute atomic E-state index is 11.8. The van der Waals surface area contributed by atoms with Crippen molar-refractivity contribution in [2.24, 2.45) is 5.41 Å². The molecule has 1 aromatic carbocycles. The maximum atomic E-state index is 11.8. The molecule has 1 fully saturated rings. The van der Waals surface area contributed by atoms with Crippen LogP contribution in [0.25, 0.3) is 22.2 Å². The van der Waals surface area contributed by atoms with Crippen molar-refractivity contribution < 1.29 is 4.79 Å². The predicted molar refractivity (Wildman–Crippen MR) is 113 cm³/mol. The molecule has 5 heteroatoms. The van der Waals surface area contributed by atoms with E-state index < -0.39 is 0 Å². The number of benzene rings is 1. The molecule has 2 aromatic heterocycles. The van der Waals surface area contributed by atoms with Crippen LogP contribution in [0.4, 0.5) is 0 Å². The van der Waals surface area contributed by atoms with Crippen LogP contribution < -0.4 is 10.6 Å². The first-order chi connectivity index (χ1) is 13.6. The van der Waals surface area contributed by atoms with Gasteiger partial charge in [0.25, 0.3) is 5.91 Å². The van der Waals surface area contributed by atoms with Crippen molar-refractivity contribution >= 4 is 16.9 Å². The van der Waals surface area contributed by atoms with Gasteiger partial charge in [0.2, 0.25) is 0 Å². The third-order valence-electron chi connectivity index (χ3n) is 6.15. The largest absolute Gasteiger partial charge is 0.355 e. The minimum atomic E-state index is -0.0666. The Labute approximate surface area is 166 Å². The number of hydrogen-bond acceptors (Lipinski definition) is 3. The number of rotatable bonds is 5. The fourth-order valence-electron chi connectivity index (χ4n) is 4.22. The molecule has 28 heavy (non-hydrogen) atoms. The zero-order valence-corrected chi connectivity index (χ0v) is 16.6. The van der Waals surface area contributed by atoms with Crippen molar-refractivity contribution in [3.05, 3.63) is 53.9 Å². The Kier molecular flexibility index (Phi) is 5.18. The molecule has 0 saturated carbocycles. The van der Waals surface area contributed by atoms with Crippen LogP contribution >= 0.6 is 0 Å². The Hall–Kier alpha value is -2.66. The third-order valence-corrected chi connectivity index (χ3v) is 6.15. The number of aromatic amines is 1. The molecule has 0 bridgehead atoms. The summed E-state index contributed by atoms with van der Waals surface area (Å²) in [5.74, 6) is -0.0666. The van der Waals surface area contributed by atoms with Gasteiger partial charge in [-0.05, 0) is 73.5 Å². The summed E-state index contributed by atoms with van der Waals surface area (Å²) in [6.45, 7) is 4.66. The number of carbonyl (C=O) groups is 1. The molecule has 1 aliphatic heterocycles. The lowest BCUT2D eigenvalue weighted by molar-refractivity contribution is 0.0963. The van der Waals surface area contributed by atoms with Crippen molar-refractivity contribution in [1.82, 2.24) is 20.6 Å². The lowest BCUT2D eigenvalue weighted by atomic mass is 9.76. The lowest BCUT2D eigenvalue weighted by Gasteiger charge is -2.34. The van der Waals surface area contributed by atoms with Gasteiger partial charge in [0.05, 0.1) is 0 Å². The molecule has 146 valence electrons. The molecule has 1 aliphatic rings. The molecule has 0 radical (unpaired) electrons. The van der Waals surface area contributed by atoms with Crippen LogP contribution in [0.1, 0.15) is 42.1 Å². The second-order valence-corrected chi connectivity index (χ2v) is 8.11. The van der Waals surface area contributed by atoms with Gasteiger partial charge in [-0.15, -0.1) is 0 Å². The van der Waals surface area contributed by atoms with E-state index >= 15 is 0 Å². The van der Waals surface area contributed by atoms with Crippen LogP contribution in [0, 0.1) is 5.41 Å². The number of nitrogens with zero attached hydrogens (tertiary/aromatic N) is 1. The fraction of sp³-hybridized carbons (Fsp3) is 0.391. The summed E-state index contributed by atoms with van der Waals surface area (Å²) >= 11 is 0. The van der Waals surface area contributed by atoms with Crippen LogP contribution in [0.5, 0.6) is 0 Å². The molecule has 3 aromatic rings. The summed E-state index contributed by atoms with van der Waals surface area (Å²) in [6.07, 6.45) is 8.65. The van der Waals surface area contributed by atoms with Crippen molar-refractivity contribution in [3.8, 4) is 11.1 Å². The van der Waals surface area contributed by atoms with Gasteiger partial charge in [-0.1, -0.05) is 19.1 Å². The number of carbonyl (C=O) groups excluding carboxylic acids is 1. The number of H-pyrrole nitrogens is 1. The second kappa shape index (κ2) is 7.76. The molecule has 0 spiro atoms. The molecule has 0 unspecified atom stereocenters. The first kappa shape index (κ1) is 18.7. The van der Waals surface area contributed by atoms with Crippen LogP contribution in [-0.4, -0.2) is 36.0 Å². The molecule has 4 rings (SSSR count). The first-order valence-corrected chi connectivity index (χ1v) is 10.1. The molecule has 0 aliphatic carbocycles. The monoisotopic (exact) mass is 376 g/mol. The van der Waals surface area contributed by atoms with E-state index in [2.05, 4.69) is 33.6 Å². The SMILES string of the molecule is CNC(=O)c1ccc(-c2c[nH]c3nccc(CCC4(C)CCNCC4)c23)cc1. The summed E-state index contributed by atoms with van der Waals surface area (Å²) < 4.78 is 0. The van der Waals surface area contributed by atoms with E-state index in [4.69, 9.17) is 0 Å². The highest BCUT2D eigenvalue weighted by molar-refractivity contribution is 5.98. The zero-order valence-electron chi connectivity index (χ0n) is 16.6. The predicted octanol–water partition coefficient (Wildman–Crippen LogP) is 3.91. The number of nitrogens with one attached hydrogen (secondary N) is 3. The number of aryl methyl sites for hydroxylation is 1. The average Bonchev–Trinajstić information content (AvgIpc) is 3.17. The smallest absolute Gasteiger partial charge is 0.251 e. The van der Waals surface area contributed by atoms with E-state index in [1.54, 1.807) is 7.05 Å². The van der Waals surface area contributed by atoms with Crippen LogP contribution in [0.3, 0.4) is 0 Å². The second-order valence-electron chi connectivity index (χ2n) is 8.11. The van der Waals surface area contributed by atoms with Gasteiger partial charge in [-0.2, -0.15) is 0 Å². The molecular formula is C23H28N4O. The van der Waals surface area contributed by atoms with E-state index in [1.807, 2.05) is 36.7 Å². The summed E-state index contributed by atoms with van der Waals surface area (Å²) in [5, 5.41) is 7.34. The Balaban J connectivity index is 1.64. The number of aromatic nitrogens is 2. The Bertz CT molecular complexity index is 968. The third kappa shape index (κ3) is 3.67. The van der Waals surface area contributed by atoms with Crippen LogP contribution in [0.15, 0.2) is 42.7 Å². The average molecular weight is 377 g/mol. The number of amides is 1. The van der Waals surface area contributed by atoms with Crippen molar-refractivity contribution in [3.63, 3.8) is 0 Å². The standard InChI is InChI=1S/C23H28N4O/c1-23(10-13-25-14-11-23)9-7-17-8-12-26-21-20(17)19(15-27-21)16-3-5-18(6-4-16)22(28)24-2/h3-6,8,12,15,25H,7,9-11,13-14H2,1-2H3,(H,24,28)(H,26,27). The number of piperidine rings is 1. The van der Waals surface area contributed by atoms with Gasteiger partial charge >= 0.3 is 0 Å². The van der Waals surface area contributed by atoms with Gasteiger partial charge in [0.1, 0.15) is 5.65 Å². The van der Waals surface area contributed by atoms with Crippen molar-refractivity contribution in [2.75, 3.05) is 20.1 Å². The molecule has 3 N–H and O–H groups in total. The minimum absolute atomic E-state index is 0.0666.